The summed E-state index contributed by atoms with van der Waals surface area (Å²) < 4.78 is 20.4. The molecule has 12 heteroatoms. The number of amides is 3. The van der Waals surface area contributed by atoms with Crippen molar-refractivity contribution in [1.29, 1.82) is 0 Å². The van der Waals surface area contributed by atoms with Crippen LogP contribution in [0, 0.1) is 11.7 Å². The number of benzene rings is 2. The Labute approximate surface area is 237 Å². The van der Waals surface area contributed by atoms with E-state index in [0.29, 0.717) is 24.7 Å². The Kier molecular flexibility index (Phi) is 9.92. The first kappa shape index (κ1) is 28.8. The highest BCUT2D eigenvalue weighted by atomic mass is 32.1. The minimum atomic E-state index is -0.673. The molecule has 2 aromatic carbocycles. The molecule has 210 valence electrons. The number of urea groups is 1. The highest BCUT2D eigenvalue weighted by Crippen LogP contribution is 2.27. The Morgan fingerprint density at radius 2 is 1.82 bits per heavy atom. The van der Waals surface area contributed by atoms with E-state index in [1.54, 1.807) is 11.0 Å². The van der Waals surface area contributed by atoms with Crippen molar-refractivity contribution in [2.75, 3.05) is 44.4 Å². The molecule has 0 aliphatic carbocycles. The fourth-order valence-electron chi connectivity index (χ4n) is 4.38. The molecule has 3 aromatic rings. The van der Waals surface area contributed by atoms with Crippen LogP contribution in [0.1, 0.15) is 18.4 Å². The first-order chi connectivity index (χ1) is 19.2. The zero-order valence-corrected chi connectivity index (χ0v) is 23.2. The second-order valence-corrected chi connectivity index (χ2v) is 10.2. The number of nitrogens with zero attached hydrogens (tertiary/aromatic N) is 4. The number of ether oxygens (including phenoxy) is 1. The fraction of sp³-hybridized carbons (Fsp3) is 0.321. The molecule has 0 spiro atoms. The van der Waals surface area contributed by atoms with Gasteiger partial charge in [0.05, 0.1) is 6.42 Å². The molecule has 0 bridgehead atoms. The molecule has 0 radical (unpaired) electrons. The van der Waals surface area contributed by atoms with Crippen molar-refractivity contribution in [2.45, 2.75) is 19.3 Å². The third-order valence-corrected chi connectivity index (χ3v) is 6.47. The Balaban J connectivity index is 1.28. The monoisotopic (exact) mass is 565 g/mol. The zero-order valence-electron chi connectivity index (χ0n) is 22.4. The van der Waals surface area contributed by atoms with Gasteiger partial charge >= 0.3 is 6.03 Å². The quantitative estimate of drug-likeness (QED) is 0.348. The minimum Gasteiger partial charge on any atom is -0.436 e. The van der Waals surface area contributed by atoms with Crippen molar-refractivity contribution in [1.82, 2.24) is 25.1 Å². The molecule has 3 N–H and O–H groups in total. The fourth-order valence-corrected chi connectivity index (χ4v) is 4.61. The third kappa shape index (κ3) is 8.68. The van der Waals surface area contributed by atoms with E-state index in [1.165, 1.54) is 24.5 Å². The van der Waals surface area contributed by atoms with Crippen molar-refractivity contribution >= 4 is 40.8 Å². The van der Waals surface area contributed by atoms with Gasteiger partial charge in [-0.15, -0.1) is 0 Å². The van der Waals surface area contributed by atoms with E-state index >= 15 is 0 Å². The van der Waals surface area contributed by atoms with E-state index in [9.17, 15) is 14.0 Å². The average molecular weight is 566 g/mol. The molecule has 1 aliphatic rings. The van der Waals surface area contributed by atoms with E-state index in [4.69, 9.17) is 17.0 Å². The van der Waals surface area contributed by atoms with Gasteiger partial charge in [0, 0.05) is 37.5 Å². The topological polar surface area (TPSA) is 112 Å². The summed E-state index contributed by atoms with van der Waals surface area (Å²) in [5.74, 6) is -0.149. The predicted octanol–water partition coefficient (Wildman–Crippen LogP) is 4.27. The van der Waals surface area contributed by atoms with Crippen LogP contribution < -0.4 is 20.7 Å². The summed E-state index contributed by atoms with van der Waals surface area (Å²) in [6, 6.07) is 14.6. The molecular formula is C28H32FN7O3S. The van der Waals surface area contributed by atoms with E-state index in [-0.39, 0.29) is 40.9 Å². The standard InChI is InChI=1S/C28H32FN7O3S/c1-35(2)17-20-10-12-36(13-11-20)28(38)33-24-16-26(31-18-30-24)39-23-9-8-21(15-22(23)29)32-27(40)34-25(37)14-19-6-4-3-5-7-19/h3-9,15-16,18,20H,10-14,17H2,1-2H3,(H,30,31,33,38)(H2,32,34,37,40). The van der Waals surface area contributed by atoms with E-state index in [2.05, 4.69) is 44.9 Å². The molecule has 1 fully saturated rings. The zero-order chi connectivity index (χ0) is 28.5. The number of carbonyl (C=O) groups is 2. The van der Waals surface area contributed by atoms with Gasteiger partial charge in [-0.05, 0) is 62.8 Å². The van der Waals surface area contributed by atoms with Crippen molar-refractivity contribution < 1.29 is 18.7 Å². The molecule has 40 heavy (non-hydrogen) atoms. The first-order valence-corrected chi connectivity index (χ1v) is 13.3. The largest absolute Gasteiger partial charge is 0.436 e. The predicted molar refractivity (Wildman–Crippen MR) is 155 cm³/mol. The van der Waals surface area contributed by atoms with Gasteiger partial charge in [0.15, 0.2) is 16.7 Å². The van der Waals surface area contributed by atoms with Gasteiger partial charge in [-0.3, -0.25) is 10.1 Å². The normalized spacial score (nSPS) is 13.6. The Bertz CT molecular complexity index is 1330. The Hall–Kier alpha value is -4.16. The summed E-state index contributed by atoms with van der Waals surface area (Å²) in [4.78, 5) is 36.9. The summed E-state index contributed by atoms with van der Waals surface area (Å²) in [5.41, 5.74) is 1.18. The molecule has 3 amide bonds. The molecule has 0 unspecified atom stereocenters. The maximum absolute atomic E-state index is 14.8. The Morgan fingerprint density at radius 3 is 2.52 bits per heavy atom. The van der Waals surface area contributed by atoms with Crippen LogP contribution in [0.25, 0.3) is 0 Å². The molecule has 1 aromatic heterocycles. The number of thiocarbonyl (C=S) groups is 1. The van der Waals surface area contributed by atoms with Gasteiger partial charge in [0.1, 0.15) is 12.1 Å². The molecule has 4 rings (SSSR count). The second kappa shape index (κ2) is 13.8. The number of aromatic nitrogens is 2. The number of hydrogen-bond acceptors (Lipinski definition) is 7. The van der Waals surface area contributed by atoms with Crippen LogP contribution in [0.4, 0.5) is 20.7 Å². The summed E-state index contributed by atoms with van der Waals surface area (Å²) in [6.45, 7) is 2.35. The summed E-state index contributed by atoms with van der Waals surface area (Å²) in [7, 11) is 4.10. The van der Waals surface area contributed by atoms with E-state index < -0.39 is 5.82 Å². The molecule has 1 aliphatic heterocycles. The van der Waals surface area contributed by atoms with E-state index in [1.807, 2.05) is 30.3 Å². The van der Waals surface area contributed by atoms with Crippen LogP contribution in [-0.2, 0) is 11.2 Å². The van der Waals surface area contributed by atoms with Gasteiger partial charge in [0.25, 0.3) is 0 Å². The molecule has 2 heterocycles. The third-order valence-electron chi connectivity index (χ3n) is 6.27. The lowest BCUT2D eigenvalue weighted by atomic mass is 9.97. The van der Waals surface area contributed by atoms with Crippen molar-refractivity contribution in [3.8, 4) is 11.6 Å². The number of nitrogens with one attached hydrogen (secondary N) is 3. The maximum Gasteiger partial charge on any atom is 0.323 e. The molecule has 0 atom stereocenters. The van der Waals surface area contributed by atoms with Crippen LogP contribution in [-0.4, -0.2) is 70.5 Å². The Morgan fingerprint density at radius 1 is 1.07 bits per heavy atom. The van der Waals surface area contributed by atoms with Gasteiger partial charge in [-0.25, -0.2) is 19.2 Å². The lowest BCUT2D eigenvalue weighted by molar-refractivity contribution is -0.119. The molecule has 10 nitrogen and oxygen atoms in total. The SMILES string of the molecule is CN(C)CC1CCN(C(=O)Nc2cc(Oc3ccc(NC(=S)NC(=O)Cc4ccccc4)cc3F)ncn2)CC1. The van der Waals surface area contributed by atoms with Crippen LogP contribution in [0.5, 0.6) is 11.6 Å². The number of carbonyl (C=O) groups excluding carboxylic acids is 2. The van der Waals surface area contributed by atoms with Crippen LogP contribution >= 0.6 is 12.2 Å². The highest BCUT2D eigenvalue weighted by molar-refractivity contribution is 7.80. The van der Waals surface area contributed by atoms with Gasteiger partial charge in [-0.1, -0.05) is 30.3 Å². The minimum absolute atomic E-state index is 0.0482. The second-order valence-electron chi connectivity index (χ2n) is 9.78. The number of piperidine rings is 1. The van der Waals surface area contributed by atoms with Gasteiger partial charge in [-0.2, -0.15) is 0 Å². The maximum atomic E-state index is 14.8. The number of rotatable bonds is 8. The number of likely N-dealkylation sites (tertiary alicyclic amines) is 1. The summed E-state index contributed by atoms with van der Waals surface area (Å²) in [5, 5.41) is 8.18. The first-order valence-electron chi connectivity index (χ1n) is 12.9. The lowest BCUT2D eigenvalue weighted by Gasteiger charge is -2.33. The summed E-state index contributed by atoms with van der Waals surface area (Å²) >= 11 is 5.17. The van der Waals surface area contributed by atoms with Gasteiger partial charge < -0.3 is 25.2 Å². The van der Waals surface area contributed by atoms with Crippen molar-refractivity contribution in [3.05, 3.63) is 72.3 Å². The van der Waals surface area contributed by atoms with Crippen LogP contribution in [0.15, 0.2) is 60.9 Å². The van der Waals surface area contributed by atoms with Crippen molar-refractivity contribution in [3.63, 3.8) is 0 Å². The number of anilines is 2. The summed E-state index contributed by atoms with van der Waals surface area (Å²) in [6.07, 6.45) is 3.29. The smallest absolute Gasteiger partial charge is 0.323 e. The van der Waals surface area contributed by atoms with Crippen LogP contribution in [0.3, 0.4) is 0 Å². The molecule has 0 saturated carbocycles. The average Bonchev–Trinajstić information content (AvgIpc) is 2.91. The number of hydrogen-bond donors (Lipinski definition) is 3. The molecule has 1 saturated heterocycles. The van der Waals surface area contributed by atoms with Crippen LogP contribution in [0.2, 0.25) is 0 Å². The van der Waals surface area contributed by atoms with Crippen molar-refractivity contribution in [2.24, 2.45) is 5.92 Å². The highest BCUT2D eigenvalue weighted by Gasteiger charge is 2.23. The lowest BCUT2D eigenvalue weighted by Crippen LogP contribution is -2.42. The van der Waals surface area contributed by atoms with E-state index in [0.717, 1.165) is 24.9 Å². The molecular weight excluding hydrogens is 533 g/mol. The van der Waals surface area contributed by atoms with Gasteiger partial charge in [0.2, 0.25) is 11.8 Å². The number of halogens is 1.